The Morgan fingerprint density at radius 2 is 1.73 bits per heavy atom. The SMILES string of the molecule is CCC(=O)C1CCC2C1(C)CCC1C3(I)CCC(C)CC3C(C)CC21I. The maximum Gasteiger partial charge on any atom is 0.136 e. The number of Topliss-reactive ketones (excluding diaryl/α,β-unsaturated/α-hetero) is 1. The van der Waals surface area contributed by atoms with Crippen LogP contribution in [0, 0.1) is 40.9 Å². The van der Waals surface area contributed by atoms with Crippen molar-refractivity contribution in [1.29, 1.82) is 0 Å². The van der Waals surface area contributed by atoms with E-state index < -0.39 is 0 Å². The summed E-state index contributed by atoms with van der Waals surface area (Å²) < 4.78 is 0.933. The van der Waals surface area contributed by atoms with Gasteiger partial charge in [-0.2, -0.15) is 0 Å². The molecule has 0 N–H and O–H groups in total. The van der Waals surface area contributed by atoms with E-state index in [1.54, 1.807) is 0 Å². The summed E-state index contributed by atoms with van der Waals surface area (Å²) in [5.74, 6) is 5.17. The van der Waals surface area contributed by atoms with Crippen molar-refractivity contribution in [3.05, 3.63) is 0 Å². The lowest BCUT2D eigenvalue weighted by Gasteiger charge is -2.65. The van der Waals surface area contributed by atoms with Crippen LogP contribution in [0.2, 0.25) is 0 Å². The summed E-state index contributed by atoms with van der Waals surface area (Å²) in [7, 11) is 0. The Labute approximate surface area is 187 Å². The van der Waals surface area contributed by atoms with Gasteiger partial charge in [-0.3, -0.25) is 4.79 Å². The molecule has 0 saturated heterocycles. The third-order valence-electron chi connectivity index (χ3n) is 9.40. The Morgan fingerprint density at radius 3 is 2.42 bits per heavy atom. The molecule has 1 nitrogen and oxygen atoms in total. The van der Waals surface area contributed by atoms with Crippen molar-refractivity contribution in [2.45, 2.75) is 92.3 Å². The highest BCUT2D eigenvalue weighted by Crippen LogP contribution is 2.72. The summed E-state index contributed by atoms with van der Waals surface area (Å²) >= 11 is 5.89. The quantitative estimate of drug-likeness (QED) is 0.248. The molecule has 4 saturated carbocycles. The molecular formula is C23H36I2O. The van der Waals surface area contributed by atoms with Crippen molar-refractivity contribution < 1.29 is 4.79 Å². The Balaban J connectivity index is 1.70. The summed E-state index contributed by atoms with van der Waals surface area (Å²) in [5.41, 5.74) is 0.270. The van der Waals surface area contributed by atoms with Crippen LogP contribution < -0.4 is 0 Å². The topological polar surface area (TPSA) is 17.1 Å². The second-order valence-corrected chi connectivity index (χ2v) is 14.6. The lowest BCUT2D eigenvalue weighted by Crippen LogP contribution is -2.64. The minimum absolute atomic E-state index is 0.270. The van der Waals surface area contributed by atoms with Crippen molar-refractivity contribution in [3.8, 4) is 0 Å². The third-order valence-corrected chi connectivity index (χ3v) is 13.4. The highest BCUT2D eigenvalue weighted by molar-refractivity contribution is 14.1. The number of alkyl halides is 2. The first kappa shape index (κ1) is 20.4. The number of hydrogen-bond donors (Lipinski definition) is 0. The first-order chi connectivity index (χ1) is 12.2. The van der Waals surface area contributed by atoms with Crippen molar-refractivity contribution in [3.63, 3.8) is 0 Å². The summed E-state index contributed by atoms with van der Waals surface area (Å²) in [4.78, 5) is 12.7. The molecule has 0 aromatic rings. The predicted octanol–water partition coefficient (Wildman–Crippen LogP) is 7.23. The Hall–Kier alpha value is 1.13. The number of halogens is 2. The van der Waals surface area contributed by atoms with Crippen LogP contribution >= 0.6 is 45.2 Å². The van der Waals surface area contributed by atoms with Crippen LogP contribution in [0.1, 0.15) is 85.5 Å². The van der Waals surface area contributed by atoms with E-state index in [2.05, 4.69) is 72.9 Å². The van der Waals surface area contributed by atoms with E-state index in [1.165, 1.54) is 44.9 Å². The first-order valence-corrected chi connectivity index (χ1v) is 13.2. The Kier molecular flexibility index (Phi) is 5.37. The molecule has 148 valence electrons. The lowest BCUT2D eigenvalue weighted by molar-refractivity contribution is -0.128. The first-order valence-electron chi connectivity index (χ1n) is 11.1. The van der Waals surface area contributed by atoms with Gasteiger partial charge < -0.3 is 0 Å². The Bertz CT molecular complexity index is 591. The van der Waals surface area contributed by atoms with Gasteiger partial charge in [0.05, 0.1) is 0 Å². The van der Waals surface area contributed by atoms with Crippen molar-refractivity contribution in [2.24, 2.45) is 40.9 Å². The van der Waals surface area contributed by atoms with Crippen LogP contribution in [0.15, 0.2) is 0 Å². The maximum absolute atomic E-state index is 12.7. The minimum Gasteiger partial charge on any atom is -0.299 e. The summed E-state index contributed by atoms with van der Waals surface area (Å²) in [5, 5.41) is 0. The van der Waals surface area contributed by atoms with E-state index in [1.807, 2.05) is 0 Å². The van der Waals surface area contributed by atoms with Crippen LogP contribution in [0.3, 0.4) is 0 Å². The molecule has 0 spiro atoms. The van der Waals surface area contributed by atoms with E-state index in [-0.39, 0.29) is 5.41 Å². The number of carbonyl (C=O) groups is 1. The molecule has 3 heteroatoms. The molecule has 0 heterocycles. The van der Waals surface area contributed by atoms with Crippen molar-refractivity contribution >= 4 is 51.0 Å². The molecule has 4 aliphatic carbocycles. The summed E-state index contributed by atoms with van der Waals surface area (Å²) in [6.07, 6.45) is 11.6. The van der Waals surface area contributed by atoms with Gasteiger partial charge in [0, 0.05) is 19.2 Å². The molecule has 9 unspecified atom stereocenters. The molecule has 0 amide bonds. The van der Waals surface area contributed by atoms with Gasteiger partial charge in [0.25, 0.3) is 0 Å². The monoisotopic (exact) mass is 582 g/mol. The average Bonchev–Trinajstić information content (AvgIpc) is 2.94. The van der Waals surface area contributed by atoms with Gasteiger partial charge in [0.15, 0.2) is 0 Å². The van der Waals surface area contributed by atoms with Crippen LogP contribution in [0.25, 0.3) is 0 Å². The zero-order valence-corrected chi connectivity index (χ0v) is 21.3. The number of carbonyl (C=O) groups excluding carboxylic acids is 1. The fraction of sp³-hybridized carbons (Fsp3) is 0.957. The molecule has 0 radical (unpaired) electrons. The van der Waals surface area contributed by atoms with Crippen LogP contribution in [-0.4, -0.2) is 12.6 Å². The number of rotatable bonds is 2. The molecule has 4 rings (SSSR count). The minimum atomic E-state index is 0.270. The van der Waals surface area contributed by atoms with Gasteiger partial charge in [-0.1, -0.05) is 72.9 Å². The highest BCUT2D eigenvalue weighted by atomic mass is 127. The van der Waals surface area contributed by atoms with Crippen molar-refractivity contribution in [2.75, 3.05) is 0 Å². The van der Waals surface area contributed by atoms with E-state index >= 15 is 0 Å². The zero-order chi connectivity index (χ0) is 18.9. The van der Waals surface area contributed by atoms with Crippen LogP contribution in [-0.2, 0) is 4.79 Å². The fourth-order valence-corrected chi connectivity index (χ4v) is 13.4. The number of hydrogen-bond acceptors (Lipinski definition) is 1. The van der Waals surface area contributed by atoms with Gasteiger partial charge in [-0.15, -0.1) is 0 Å². The van der Waals surface area contributed by atoms with E-state index in [0.29, 0.717) is 18.5 Å². The largest absolute Gasteiger partial charge is 0.299 e. The van der Waals surface area contributed by atoms with Gasteiger partial charge >= 0.3 is 0 Å². The molecule has 26 heavy (non-hydrogen) atoms. The van der Waals surface area contributed by atoms with Gasteiger partial charge in [0.1, 0.15) is 5.78 Å². The van der Waals surface area contributed by atoms with E-state index in [0.717, 1.165) is 42.4 Å². The zero-order valence-electron chi connectivity index (χ0n) is 17.0. The fourth-order valence-electron chi connectivity index (χ4n) is 8.18. The summed E-state index contributed by atoms with van der Waals surface area (Å²) in [6, 6.07) is 0. The molecule has 0 aromatic carbocycles. The molecule has 9 atom stereocenters. The number of ketones is 1. The molecule has 0 aliphatic heterocycles. The third kappa shape index (κ3) is 2.74. The molecular weight excluding hydrogens is 546 g/mol. The smallest absolute Gasteiger partial charge is 0.136 e. The van der Waals surface area contributed by atoms with Gasteiger partial charge in [-0.05, 0) is 86.4 Å². The van der Waals surface area contributed by atoms with E-state index in [4.69, 9.17) is 0 Å². The van der Waals surface area contributed by atoms with Gasteiger partial charge in [-0.25, -0.2) is 0 Å². The van der Waals surface area contributed by atoms with Crippen LogP contribution in [0.5, 0.6) is 0 Å². The molecule has 4 fully saturated rings. The Morgan fingerprint density at radius 1 is 1.00 bits per heavy atom. The lowest BCUT2D eigenvalue weighted by atomic mass is 9.47. The van der Waals surface area contributed by atoms with Crippen LogP contribution in [0.4, 0.5) is 0 Å². The summed E-state index contributed by atoms with van der Waals surface area (Å²) in [6.45, 7) is 9.60. The normalized spacial score (nSPS) is 56.4. The molecule has 0 aromatic heterocycles. The highest BCUT2D eigenvalue weighted by Gasteiger charge is 2.68. The van der Waals surface area contributed by atoms with Gasteiger partial charge in [0.2, 0.25) is 0 Å². The van der Waals surface area contributed by atoms with E-state index in [9.17, 15) is 4.79 Å². The molecule has 0 bridgehead atoms. The maximum atomic E-state index is 12.7. The number of fused-ring (bicyclic) bond motifs is 5. The second kappa shape index (κ2) is 6.84. The standard InChI is InChI=1S/C23H36I2O/c1-5-18(26)16-6-7-19-21(16,4)10-9-20-22(24)11-8-14(2)12-17(22)15(3)13-23(19,20)25/h14-17,19-20H,5-13H2,1-4H3. The predicted molar refractivity (Wildman–Crippen MR) is 126 cm³/mol. The van der Waals surface area contributed by atoms with Crippen molar-refractivity contribution in [1.82, 2.24) is 0 Å². The average molecular weight is 582 g/mol. The second-order valence-electron chi connectivity index (χ2n) is 10.6. The molecule has 4 aliphatic rings.